The lowest BCUT2D eigenvalue weighted by Crippen LogP contribution is -2.12. The summed E-state index contributed by atoms with van der Waals surface area (Å²) in [6.45, 7) is 3.79. The third-order valence-electron chi connectivity index (χ3n) is 3.29. The minimum Gasteiger partial charge on any atom is -0.478 e. The standard InChI is InChI=1S/C16H15Cl2NO2/c1-9-4-3-5-13(16(20)21)15(9)19-10(2)12-7-6-11(17)8-14(12)18/h3-8,10,19H,1-2H3,(H,20,21). The van der Waals surface area contributed by atoms with Crippen molar-refractivity contribution >= 4 is 34.9 Å². The largest absolute Gasteiger partial charge is 0.478 e. The Bertz CT molecular complexity index is 686. The normalized spacial score (nSPS) is 12.0. The van der Waals surface area contributed by atoms with Crippen LogP contribution in [0.4, 0.5) is 5.69 Å². The van der Waals surface area contributed by atoms with E-state index in [1.807, 2.05) is 26.0 Å². The molecule has 0 bridgehead atoms. The average Bonchev–Trinajstić information content (AvgIpc) is 2.40. The first kappa shape index (κ1) is 15.7. The third-order valence-corrected chi connectivity index (χ3v) is 3.86. The molecule has 0 aromatic heterocycles. The molecule has 2 rings (SSSR count). The molecule has 2 aromatic carbocycles. The van der Waals surface area contributed by atoms with Crippen molar-refractivity contribution in [1.82, 2.24) is 0 Å². The van der Waals surface area contributed by atoms with Crippen LogP contribution in [0.1, 0.15) is 34.5 Å². The van der Waals surface area contributed by atoms with Gasteiger partial charge in [-0.2, -0.15) is 0 Å². The first-order valence-corrected chi connectivity index (χ1v) is 7.20. The molecule has 2 N–H and O–H groups in total. The smallest absolute Gasteiger partial charge is 0.337 e. The molecule has 0 radical (unpaired) electrons. The van der Waals surface area contributed by atoms with Crippen molar-refractivity contribution in [3.8, 4) is 0 Å². The number of carbonyl (C=O) groups is 1. The van der Waals surface area contributed by atoms with Gasteiger partial charge in [-0.3, -0.25) is 0 Å². The maximum atomic E-state index is 11.3. The molecule has 0 fully saturated rings. The van der Waals surface area contributed by atoms with Gasteiger partial charge in [-0.25, -0.2) is 4.79 Å². The molecule has 1 unspecified atom stereocenters. The van der Waals surface area contributed by atoms with Gasteiger partial charge in [-0.15, -0.1) is 0 Å². The van der Waals surface area contributed by atoms with Crippen LogP contribution in [-0.2, 0) is 0 Å². The highest BCUT2D eigenvalue weighted by Gasteiger charge is 2.16. The van der Waals surface area contributed by atoms with Crippen LogP contribution in [-0.4, -0.2) is 11.1 Å². The van der Waals surface area contributed by atoms with Crippen LogP contribution in [0.5, 0.6) is 0 Å². The van der Waals surface area contributed by atoms with Gasteiger partial charge in [-0.05, 0) is 43.2 Å². The number of hydrogen-bond donors (Lipinski definition) is 2. The first-order chi connectivity index (χ1) is 9.90. The second-order valence-electron chi connectivity index (χ2n) is 4.83. The van der Waals surface area contributed by atoms with Gasteiger partial charge in [0, 0.05) is 10.0 Å². The molecule has 2 aromatic rings. The zero-order chi connectivity index (χ0) is 15.6. The van der Waals surface area contributed by atoms with E-state index in [4.69, 9.17) is 23.2 Å². The molecule has 0 amide bonds. The Morgan fingerprint density at radius 2 is 1.95 bits per heavy atom. The summed E-state index contributed by atoms with van der Waals surface area (Å²) in [5.41, 5.74) is 2.57. The number of nitrogens with one attached hydrogen (secondary N) is 1. The molecule has 0 saturated carbocycles. The van der Waals surface area contributed by atoms with Gasteiger partial charge in [0.1, 0.15) is 0 Å². The van der Waals surface area contributed by atoms with Crippen molar-refractivity contribution in [2.45, 2.75) is 19.9 Å². The minimum absolute atomic E-state index is 0.144. The highest BCUT2D eigenvalue weighted by atomic mass is 35.5. The van der Waals surface area contributed by atoms with Crippen molar-refractivity contribution in [3.63, 3.8) is 0 Å². The van der Waals surface area contributed by atoms with Crippen LogP contribution in [0.3, 0.4) is 0 Å². The molecule has 21 heavy (non-hydrogen) atoms. The summed E-state index contributed by atoms with van der Waals surface area (Å²) in [6.07, 6.45) is 0. The molecule has 110 valence electrons. The first-order valence-electron chi connectivity index (χ1n) is 6.44. The maximum Gasteiger partial charge on any atom is 0.337 e. The number of carboxylic acids is 1. The molecule has 0 saturated heterocycles. The van der Waals surface area contributed by atoms with Crippen LogP contribution in [0.25, 0.3) is 0 Å². The third kappa shape index (κ3) is 3.49. The molecule has 0 spiro atoms. The van der Waals surface area contributed by atoms with Crippen LogP contribution < -0.4 is 5.32 Å². The van der Waals surface area contributed by atoms with Gasteiger partial charge in [0.25, 0.3) is 0 Å². The van der Waals surface area contributed by atoms with Gasteiger partial charge in [0.15, 0.2) is 0 Å². The molecule has 0 aliphatic rings. The van der Waals surface area contributed by atoms with E-state index in [-0.39, 0.29) is 11.6 Å². The number of anilines is 1. The lowest BCUT2D eigenvalue weighted by atomic mass is 10.0. The maximum absolute atomic E-state index is 11.3. The highest BCUT2D eigenvalue weighted by Crippen LogP contribution is 2.30. The molecular weight excluding hydrogens is 309 g/mol. The second-order valence-corrected chi connectivity index (χ2v) is 5.68. The molecule has 0 aliphatic carbocycles. The van der Waals surface area contributed by atoms with Crippen molar-refractivity contribution in [2.24, 2.45) is 0 Å². The van der Waals surface area contributed by atoms with Crippen molar-refractivity contribution < 1.29 is 9.90 Å². The summed E-state index contributed by atoms with van der Waals surface area (Å²) in [5, 5.41) is 13.6. The summed E-state index contributed by atoms with van der Waals surface area (Å²) < 4.78 is 0. The zero-order valence-corrected chi connectivity index (χ0v) is 13.2. The predicted octanol–water partition coefficient (Wildman–Crippen LogP) is 5.17. The fourth-order valence-corrected chi connectivity index (χ4v) is 2.76. The van der Waals surface area contributed by atoms with Gasteiger partial charge >= 0.3 is 5.97 Å². The van der Waals surface area contributed by atoms with E-state index in [1.54, 1.807) is 24.3 Å². The fraction of sp³-hybridized carbons (Fsp3) is 0.188. The summed E-state index contributed by atoms with van der Waals surface area (Å²) in [4.78, 5) is 11.3. The molecular formula is C16H15Cl2NO2. The van der Waals surface area contributed by atoms with Gasteiger partial charge in [0.2, 0.25) is 0 Å². The monoisotopic (exact) mass is 323 g/mol. The van der Waals surface area contributed by atoms with Crippen molar-refractivity contribution in [1.29, 1.82) is 0 Å². The molecule has 3 nitrogen and oxygen atoms in total. The average molecular weight is 324 g/mol. The zero-order valence-electron chi connectivity index (χ0n) is 11.7. The molecule has 0 heterocycles. The fourth-order valence-electron chi connectivity index (χ4n) is 2.18. The van der Waals surface area contributed by atoms with Crippen LogP contribution >= 0.6 is 23.2 Å². The Kier molecular flexibility index (Phi) is 4.76. The van der Waals surface area contributed by atoms with E-state index in [0.717, 1.165) is 11.1 Å². The topological polar surface area (TPSA) is 49.3 Å². The van der Waals surface area contributed by atoms with Crippen LogP contribution in [0.15, 0.2) is 36.4 Å². The summed E-state index contributed by atoms with van der Waals surface area (Å²) >= 11 is 12.1. The van der Waals surface area contributed by atoms with Gasteiger partial charge < -0.3 is 10.4 Å². The number of halogens is 2. The molecule has 1 atom stereocenters. The SMILES string of the molecule is Cc1cccc(C(=O)O)c1NC(C)c1ccc(Cl)cc1Cl. The van der Waals surface area contributed by atoms with E-state index >= 15 is 0 Å². The number of benzene rings is 2. The van der Waals surface area contributed by atoms with Crippen LogP contribution in [0, 0.1) is 6.92 Å². The Balaban J connectivity index is 2.36. The summed E-state index contributed by atoms with van der Waals surface area (Å²) in [7, 11) is 0. The Morgan fingerprint density at radius 3 is 2.57 bits per heavy atom. The lowest BCUT2D eigenvalue weighted by molar-refractivity contribution is 0.0698. The van der Waals surface area contributed by atoms with Crippen molar-refractivity contribution in [3.05, 3.63) is 63.1 Å². The van der Waals surface area contributed by atoms with E-state index in [1.165, 1.54) is 0 Å². The Labute approximate surface area is 133 Å². The van der Waals surface area contributed by atoms with Gasteiger partial charge in [-0.1, -0.05) is 41.4 Å². The highest BCUT2D eigenvalue weighted by molar-refractivity contribution is 6.35. The van der Waals surface area contributed by atoms with Gasteiger partial charge in [0.05, 0.1) is 17.3 Å². The Morgan fingerprint density at radius 1 is 1.24 bits per heavy atom. The van der Waals surface area contributed by atoms with E-state index in [9.17, 15) is 9.90 Å². The predicted molar refractivity (Wildman–Crippen MR) is 86.6 cm³/mol. The number of para-hydroxylation sites is 1. The number of carboxylic acid groups (broad SMARTS) is 1. The quantitative estimate of drug-likeness (QED) is 0.815. The molecule has 5 heteroatoms. The van der Waals surface area contributed by atoms with E-state index < -0.39 is 5.97 Å². The van der Waals surface area contributed by atoms with Crippen LogP contribution in [0.2, 0.25) is 10.0 Å². The molecule has 0 aliphatic heterocycles. The van der Waals surface area contributed by atoms with Crippen molar-refractivity contribution in [2.75, 3.05) is 5.32 Å². The second kappa shape index (κ2) is 6.37. The Hall–Kier alpha value is -1.71. The lowest BCUT2D eigenvalue weighted by Gasteiger charge is -2.20. The van der Waals surface area contributed by atoms with E-state index in [2.05, 4.69) is 5.32 Å². The number of hydrogen-bond acceptors (Lipinski definition) is 2. The number of rotatable bonds is 4. The number of aromatic carboxylic acids is 1. The summed E-state index contributed by atoms with van der Waals surface area (Å²) in [6, 6.07) is 10.3. The minimum atomic E-state index is -0.962. The number of aryl methyl sites for hydroxylation is 1. The summed E-state index contributed by atoms with van der Waals surface area (Å²) in [5.74, 6) is -0.962. The van der Waals surface area contributed by atoms with E-state index in [0.29, 0.717) is 15.7 Å².